The fourth-order valence-corrected chi connectivity index (χ4v) is 1.18. The van der Waals surface area contributed by atoms with Gasteiger partial charge in [0.1, 0.15) is 6.04 Å². The summed E-state index contributed by atoms with van der Waals surface area (Å²) in [5.74, 6) is -0.0175. The number of nitrogens with zero attached hydrogens (tertiary/aromatic N) is 4. The highest BCUT2D eigenvalue weighted by Gasteiger charge is 2.18. The molecule has 0 saturated carbocycles. The van der Waals surface area contributed by atoms with Crippen LogP contribution in [0.3, 0.4) is 0 Å². The summed E-state index contributed by atoms with van der Waals surface area (Å²) in [5, 5.41) is 7.78. The Kier molecular flexibility index (Phi) is 3.41. The van der Waals surface area contributed by atoms with Crippen LogP contribution in [0, 0.1) is 0 Å². The van der Waals surface area contributed by atoms with Crippen LogP contribution in [0.2, 0.25) is 0 Å². The third-order valence-electron chi connectivity index (χ3n) is 2.19. The standard InChI is InChI=1S/C9H17N5O/c1-6(10)8-5-14(12-11-8)7(2)9(15)13(3)4/h5-7H,10H2,1-4H3. The van der Waals surface area contributed by atoms with Crippen LogP contribution in [0.15, 0.2) is 6.20 Å². The quantitative estimate of drug-likeness (QED) is 0.760. The molecule has 2 atom stereocenters. The monoisotopic (exact) mass is 211 g/mol. The molecular formula is C9H17N5O. The molecule has 6 heteroatoms. The van der Waals surface area contributed by atoms with Crippen molar-refractivity contribution in [3.63, 3.8) is 0 Å². The van der Waals surface area contributed by atoms with E-state index in [1.165, 1.54) is 9.58 Å². The summed E-state index contributed by atoms with van der Waals surface area (Å²) in [6.45, 7) is 3.61. The molecule has 1 rings (SSSR count). The summed E-state index contributed by atoms with van der Waals surface area (Å²) in [4.78, 5) is 13.2. The molecule has 0 spiro atoms. The third kappa shape index (κ3) is 2.53. The minimum absolute atomic E-state index is 0.0175. The van der Waals surface area contributed by atoms with E-state index in [-0.39, 0.29) is 18.0 Å². The summed E-state index contributed by atoms with van der Waals surface area (Å²) in [5.41, 5.74) is 6.34. The third-order valence-corrected chi connectivity index (χ3v) is 2.19. The van der Waals surface area contributed by atoms with Crippen molar-refractivity contribution >= 4 is 5.91 Å². The van der Waals surface area contributed by atoms with Crippen molar-refractivity contribution < 1.29 is 4.79 Å². The van der Waals surface area contributed by atoms with Crippen molar-refractivity contribution in [3.05, 3.63) is 11.9 Å². The number of rotatable bonds is 3. The van der Waals surface area contributed by atoms with Crippen LogP contribution in [0.5, 0.6) is 0 Å². The zero-order valence-electron chi connectivity index (χ0n) is 9.51. The van der Waals surface area contributed by atoms with Gasteiger partial charge in [0.05, 0.1) is 11.9 Å². The zero-order valence-corrected chi connectivity index (χ0v) is 9.51. The first-order chi connectivity index (χ1) is 6.93. The molecule has 0 aliphatic heterocycles. The van der Waals surface area contributed by atoms with Crippen LogP contribution >= 0.6 is 0 Å². The molecule has 0 saturated heterocycles. The normalized spacial score (nSPS) is 14.7. The van der Waals surface area contributed by atoms with Gasteiger partial charge in [-0.25, -0.2) is 4.68 Å². The molecule has 0 aliphatic carbocycles. The van der Waals surface area contributed by atoms with Crippen molar-refractivity contribution in [2.75, 3.05) is 14.1 Å². The summed E-state index contributed by atoms with van der Waals surface area (Å²) in [6.07, 6.45) is 1.71. The van der Waals surface area contributed by atoms with Gasteiger partial charge in [-0.1, -0.05) is 5.21 Å². The van der Waals surface area contributed by atoms with E-state index >= 15 is 0 Å². The van der Waals surface area contributed by atoms with Crippen LogP contribution in [-0.4, -0.2) is 39.9 Å². The number of carbonyl (C=O) groups is 1. The molecule has 15 heavy (non-hydrogen) atoms. The Hall–Kier alpha value is -1.43. The van der Waals surface area contributed by atoms with Gasteiger partial charge in [0.15, 0.2) is 0 Å². The van der Waals surface area contributed by atoms with Crippen LogP contribution in [0.4, 0.5) is 0 Å². The molecule has 6 nitrogen and oxygen atoms in total. The van der Waals surface area contributed by atoms with Crippen molar-refractivity contribution in [2.24, 2.45) is 5.73 Å². The van der Waals surface area contributed by atoms with Crippen molar-refractivity contribution in [1.29, 1.82) is 0 Å². The lowest BCUT2D eigenvalue weighted by Gasteiger charge is -2.16. The number of likely N-dealkylation sites (N-methyl/N-ethyl adjacent to an activating group) is 1. The van der Waals surface area contributed by atoms with Gasteiger partial charge in [0.2, 0.25) is 5.91 Å². The van der Waals surface area contributed by atoms with Gasteiger partial charge in [-0.05, 0) is 13.8 Å². The molecular weight excluding hydrogens is 194 g/mol. The molecule has 84 valence electrons. The lowest BCUT2D eigenvalue weighted by Crippen LogP contribution is -2.30. The van der Waals surface area contributed by atoms with Crippen LogP contribution in [-0.2, 0) is 4.79 Å². The predicted molar refractivity (Wildman–Crippen MR) is 56.0 cm³/mol. The molecule has 0 aromatic carbocycles. The first-order valence-corrected chi connectivity index (χ1v) is 4.82. The first-order valence-electron chi connectivity index (χ1n) is 4.82. The van der Waals surface area contributed by atoms with E-state index in [1.807, 2.05) is 6.92 Å². The Morgan fingerprint density at radius 1 is 1.53 bits per heavy atom. The predicted octanol–water partition coefficient (Wildman–Crippen LogP) is -0.0530. The summed E-state index contributed by atoms with van der Waals surface area (Å²) in [6, 6.07) is -0.514. The van der Waals surface area contributed by atoms with Crippen molar-refractivity contribution in [2.45, 2.75) is 25.9 Å². The Morgan fingerprint density at radius 2 is 2.13 bits per heavy atom. The van der Waals surface area contributed by atoms with Gasteiger partial charge in [-0.3, -0.25) is 4.79 Å². The molecule has 2 unspecified atom stereocenters. The number of nitrogens with two attached hydrogens (primary N) is 1. The van der Waals surface area contributed by atoms with Gasteiger partial charge in [-0.2, -0.15) is 0 Å². The Morgan fingerprint density at radius 3 is 2.53 bits per heavy atom. The van der Waals surface area contributed by atoms with Gasteiger partial charge in [0, 0.05) is 20.1 Å². The lowest BCUT2D eigenvalue weighted by molar-refractivity contribution is -0.132. The SMILES string of the molecule is CC(N)c1cn(C(C)C(=O)N(C)C)nn1. The van der Waals surface area contributed by atoms with E-state index < -0.39 is 0 Å². The van der Waals surface area contributed by atoms with Crippen molar-refractivity contribution in [1.82, 2.24) is 19.9 Å². The molecule has 0 fully saturated rings. The largest absolute Gasteiger partial charge is 0.347 e. The summed E-state index contributed by atoms with van der Waals surface area (Å²) in [7, 11) is 3.42. The van der Waals surface area contributed by atoms with Crippen LogP contribution in [0.1, 0.15) is 31.6 Å². The number of amides is 1. The molecule has 1 aromatic rings. The first kappa shape index (κ1) is 11.6. The Balaban J connectivity index is 2.83. The molecule has 2 N–H and O–H groups in total. The van der Waals surface area contributed by atoms with Gasteiger partial charge in [0.25, 0.3) is 0 Å². The minimum Gasteiger partial charge on any atom is -0.347 e. The molecule has 1 heterocycles. The van der Waals surface area contributed by atoms with Crippen LogP contribution < -0.4 is 5.73 Å². The van der Waals surface area contributed by atoms with E-state index in [4.69, 9.17) is 5.73 Å². The average molecular weight is 211 g/mol. The highest BCUT2D eigenvalue weighted by Crippen LogP contribution is 2.10. The van der Waals surface area contributed by atoms with Gasteiger partial charge >= 0.3 is 0 Å². The maximum atomic E-state index is 11.6. The van der Waals surface area contributed by atoms with E-state index in [2.05, 4.69) is 10.3 Å². The second kappa shape index (κ2) is 4.39. The summed E-state index contributed by atoms with van der Waals surface area (Å²) >= 11 is 0. The fourth-order valence-electron chi connectivity index (χ4n) is 1.18. The van der Waals surface area contributed by atoms with Gasteiger partial charge < -0.3 is 10.6 Å². The van der Waals surface area contributed by atoms with Crippen LogP contribution in [0.25, 0.3) is 0 Å². The second-order valence-electron chi connectivity index (χ2n) is 3.82. The lowest BCUT2D eigenvalue weighted by atomic mass is 10.2. The number of hydrogen-bond donors (Lipinski definition) is 1. The Bertz CT molecular complexity index is 344. The fraction of sp³-hybridized carbons (Fsp3) is 0.667. The van der Waals surface area contributed by atoms with Gasteiger partial charge in [-0.15, -0.1) is 5.10 Å². The number of aromatic nitrogens is 3. The maximum Gasteiger partial charge on any atom is 0.246 e. The molecule has 0 radical (unpaired) electrons. The molecule has 0 bridgehead atoms. The smallest absolute Gasteiger partial charge is 0.246 e. The second-order valence-corrected chi connectivity index (χ2v) is 3.82. The highest BCUT2D eigenvalue weighted by molar-refractivity contribution is 5.79. The Labute approximate surface area is 89.0 Å². The van der Waals surface area contributed by atoms with E-state index in [9.17, 15) is 4.79 Å². The highest BCUT2D eigenvalue weighted by atomic mass is 16.2. The number of carbonyl (C=O) groups excluding carboxylic acids is 1. The molecule has 0 aliphatic rings. The molecule has 1 amide bonds. The average Bonchev–Trinajstić information content (AvgIpc) is 2.64. The van der Waals surface area contributed by atoms with E-state index in [1.54, 1.807) is 27.2 Å². The van der Waals surface area contributed by atoms with Crippen molar-refractivity contribution in [3.8, 4) is 0 Å². The molecule has 1 aromatic heterocycles. The summed E-state index contributed by atoms with van der Waals surface area (Å²) < 4.78 is 1.53. The maximum absolute atomic E-state index is 11.6. The number of hydrogen-bond acceptors (Lipinski definition) is 4. The van der Waals surface area contributed by atoms with E-state index in [0.29, 0.717) is 5.69 Å². The minimum atomic E-state index is -0.347. The zero-order chi connectivity index (χ0) is 11.6. The topological polar surface area (TPSA) is 77.0 Å². The van der Waals surface area contributed by atoms with E-state index in [0.717, 1.165) is 0 Å².